The van der Waals surface area contributed by atoms with Crippen molar-refractivity contribution in [3.8, 4) is 0 Å². The number of Topliss-reactive ketones (excluding diaryl/α,β-unsaturated/α-hetero) is 1. The molecule has 2 unspecified atom stereocenters. The molecule has 0 spiro atoms. The molecule has 0 aliphatic carbocycles. The van der Waals surface area contributed by atoms with E-state index in [0.717, 1.165) is 16.9 Å². The summed E-state index contributed by atoms with van der Waals surface area (Å²) in [7, 11) is 0. The van der Waals surface area contributed by atoms with Crippen LogP contribution in [0.2, 0.25) is 0 Å². The summed E-state index contributed by atoms with van der Waals surface area (Å²) in [5.74, 6) is 1.15. The second-order valence-electron chi connectivity index (χ2n) is 7.87. The van der Waals surface area contributed by atoms with Gasteiger partial charge >= 0.3 is 0 Å². The van der Waals surface area contributed by atoms with Gasteiger partial charge in [-0.2, -0.15) is 11.8 Å². The fraction of sp³-hybridized carbons (Fsp3) is 0.320. The Morgan fingerprint density at radius 1 is 1.06 bits per heavy atom. The van der Waals surface area contributed by atoms with E-state index in [1.165, 1.54) is 0 Å². The molecule has 2 atom stereocenters. The summed E-state index contributed by atoms with van der Waals surface area (Å²) in [6, 6.07) is 18.1. The molecule has 4 rings (SSSR count). The van der Waals surface area contributed by atoms with E-state index in [9.17, 15) is 14.4 Å². The average molecular weight is 451 g/mol. The fourth-order valence-corrected chi connectivity index (χ4v) is 4.96. The van der Waals surface area contributed by atoms with E-state index >= 15 is 0 Å². The smallest absolute Gasteiger partial charge is 0.247 e. The van der Waals surface area contributed by atoms with Gasteiger partial charge in [-0.1, -0.05) is 60.7 Å². The molecule has 2 aliphatic rings. The van der Waals surface area contributed by atoms with Crippen LogP contribution in [0.3, 0.4) is 0 Å². The van der Waals surface area contributed by atoms with E-state index in [0.29, 0.717) is 24.5 Å². The van der Waals surface area contributed by atoms with Gasteiger partial charge in [0, 0.05) is 18.1 Å². The lowest BCUT2D eigenvalue weighted by Gasteiger charge is -2.33. The van der Waals surface area contributed by atoms with Crippen molar-refractivity contribution in [1.29, 1.82) is 0 Å². The number of thioether (sulfide) groups is 1. The predicted molar refractivity (Wildman–Crippen MR) is 124 cm³/mol. The molecule has 7 heteroatoms. The van der Waals surface area contributed by atoms with E-state index in [1.54, 1.807) is 16.7 Å². The molecule has 1 N–H and O–H groups in total. The summed E-state index contributed by atoms with van der Waals surface area (Å²) in [4.78, 5) is 40.1. The first-order valence-electron chi connectivity index (χ1n) is 10.7. The summed E-state index contributed by atoms with van der Waals surface area (Å²) in [6.07, 6.45) is 2.71. The number of amides is 2. The zero-order chi connectivity index (χ0) is 22.3. The highest BCUT2D eigenvalue weighted by Crippen LogP contribution is 2.26. The highest BCUT2D eigenvalue weighted by atomic mass is 32.2. The maximum Gasteiger partial charge on any atom is 0.247 e. The Morgan fingerprint density at radius 3 is 2.47 bits per heavy atom. The van der Waals surface area contributed by atoms with Gasteiger partial charge in [-0.15, -0.1) is 0 Å². The zero-order valence-electron chi connectivity index (χ0n) is 17.7. The van der Waals surface area contributed by atoms with Gasteiger partial charge in [0.25, 0.3) is 0 Å². The minimum Gasteiger partial charge on any atom is -0.488 e. The Hall–Kier alpha value is -3.06. The molecule has 6 nitrogen and oxygen atoms in total. The number of hydrogen-bond donors (Lipinski definition) is 1. The Balaban J connectivity index is 1.45. The number of nitrogens with one attached hydrogen (secondary N) is 1. The van der Waals surface area contributed by atoms with E-state index in [1.807, 2.05) is 66.7 Å². The lowest BCUT2D eigenvalue weighted by Crippen LogP contribution is -2.55. The molecule has 2 aromatic carbocycles. The van der Waals surface area contributed by atoms with Crippen molar-refractivity contribution < 1.29 is 19.1 Å². The largest absolute Gasteiger partial charge is 0.488 e. The molecule has 2 aliphatic heterocycles. The van der Waals surface area contributed by atoms with E-state index in [2.05, 4.69) is 5.32 Å². The fourth-order valence-electron chi connectivity index (χ4n) is 3.95. The third-order valence-corrected chi connectivity index (χ3v) is 6.61. The highest BCUT2D eigenvalue weighted by molar-refractivity contribution is 7.98. The molecule has 0 radical (unpaired) electrons. The topological polar surface area (TPSA) is 75.7 Å². The number of ether oxygens (including phenoxy) is 1. The van der Waals surface area contributed by atoms with Crippen molar-refractivity contribution in [2.24, 2.45) is 0 Å². The van der Waals surface area contributed by atoms with Crippen LogP contribution in [-0.4, -0.2) is 53.5 Å². The summed E-state index contributed by atoms with van der Waals surface area (Å²) in [5, 5.41) is 2.92. The number of carbonyl (C=O) groups excluding carboxylic acids is 3. The van der Waals surface area contributed by atoms with Crippen LogP contribution in [0, 0.1) is 0 Å². The second kappa shape index (κ2) is 10.5. The first-order chi connectivity index (χ1) is 15.6. The van der Waals surface area contributed by atoms with Crippen molar-refractivity contribution in [2.75, 3.05) is 18.9 Å². The Kier molecular flexibility index (Phi) is 7.27. The van der Waals surface area contributed by atoms with Crippen molar-refractivity contribution >= 4 is 29.4 Å². The molecule has 0 bridgehead atoms. The van der Waals surface area contributed by atoms with Gasteiger partial charge < -0.3 is 15.0 Å². The van der Waals surface area contributed by atoms with Crippen LogP contribution in [0.15, 0.2) is 72.5 Å². The maximum absolute atomic E-state index is 13.5. The van der Waals surface area contributed by atoms with Gasteiger partial charge in [0.05, 0.1) is 6.42 Å². The van der Waals surface area contributed by atoms with Crippen LogP contribution >= 0.6 is 11.8 Å². The van der Waals surface area contributed by atoms with Crippen LogP contribution in [0.4, 0.5) is 0 Å². The van der Waals surface area contributed by atoms with Gasteiger partial charge in [-0.25, -0.2) is 0 Å². The minimum absolute atomic E-state index is 0.00588. The van der Waals surface area contributed by atoms with E-state index < -0.39 is 12.1 Å². The molecule has 1 saturated heterocycles. The Morgan fingerprint density at radius 2 is 1.75 bits per heavy atom. The van der Waals surface area contributed by atoms with Crippen LogP contribution < -0.4 is 5.32 Å². The summed E-state index contributed by atoms with van der Waals surface area (Å²) in [6.45, 7) is 0.435. The molecular weight excluding hydrogens is 424 g/mol. The molecule has 166 valence electrons. The van der Waals surface area contributed by atoms with Gasteiger partial charge in [0.15, 0.2) is 11.8 Å². The van der Waals surface area contributed by atoms with Crippen LogP contribution in [0.5, 0.6) is 0 Å². The van der Waals surface area contributed by atoms with Crippen LogP contribution in [0.25, 0.3) is 0 Å². The van der Waals surface area contributed by atoms with Crippen molar-refractivity contribution in [1.82, 2.24) is 10.2 Å². The predicted octanol–water partition coefficient (Wildman–Crippen LogP) is 2.73. The van der Waals surface area contributed by atoms with Crippen molar-refractivity contribution in [3.63, 3.8) is 0 Å². The Labute approximate surface area is 192 Å². The lowest BCUT2D eigenvalue weighted by molar-refractivity contribution is -0.140. The number of rotatable bonds is 8. The molecule has 1 fully saturated rings. The first kappa shape index (κ1) is 22.1. The van der Waals surface area contributed by atoms with E-state index in [4.69, 9.17) is 4.74 Å². The van der Waals surface area contributed by atoms with Crippen molar-refractivity contribution in [2.45, 2.75) is 30.7 Å². The lowest BCUT2D eigenvalue weighted by atomic mass is 10.0. The average Bonchev–Trinajstić information content (AvgIpc) is 3.20. The number of fused-ring (bicyclic) bond motifs is 1. The maximum atomic E-state index is 13.5. The van der Waals surface area contributed by atoms with Crippen LogP contribution in [-0.2, 0) is 31.3 Å². The number of benzene rings is 2. The highest BCUT2D eigenvalue weighted by Gasteiger charge is 2.42. The molecule has 2 aromatic rings. The zero-order valence-corrected chi connectivity index (χ0v) is 18.6. The van der Waals surface area contributed by atoms with Gasteiger partial charge in [0.2, 0.25) is 11.8 Å². The molecule has 2 amide bonds. The standard InChI is InChI=1S/C25H26N2O4S/c28-21-15-31-22-12-7-13-27(24(21)22)25(30)20(17-32-16-19-10-5-2-6-11-19)26-23(29)14-18-8-3-1-4-9-18/h1-6,8-12,20,24H,7,13-17H2,(H,26,29). The van der Waals surface area contributed by atoms with Crippen molar-refractivity contribution in [3.05, 3.63) is 83.6 Å². The molecule has 32 heavy (non-hydrogen) atoms. The third kappa shape index (κ3) is 5.40. The Bertz CT molecular complexity index is 994. The molecular formula is C25H26N2O4S. The third-order valence-electron chi connectivity index (χ3n) is 5.50. The summed E-state index contributed by atoms with van der Waals surface area (Å²) < 4.78 is 5.45. The number of ketones is 1. The number of nitrogens with zero attached hydrogens (tertiary/aromatic N) is 1. The van der Waals surface area contributed by atoms with Gasteiger partial charge in [-0.3, -0.25) is 14.4 Å². The van der Waals surface area contributed by atoms with Gasteiger partial charge in [0.1, 0.15) is 18.4 Å². The monoisotopic (exact) mass is 450 g/mol. The number of hydrogen-bond acceptors (Lipinski definition) is 5. The van der Waals surface area contributed by atoms with Crippen LogP contribution in [0.1, 0.15) is 17.5 Å². The molecule has 0 saturated carbocycles. The van der Waals surface area contributed by atoms with Gasteiger partial charge in [-0.05, 0) is 23.6 Å². The molecule has 0 aromatic heterocycles. The number of carbonyl (C=O) groups is 3. The SMILES string of the molecule is O=C(Cc1ccccc1)NC(CSCc1ccccc1)C(=O)N1CCC=C2OCC(=O)C21. The second-order valence-corrected chi connectivity index (χ2v) is 8.90. The first-order valence-corrected chi connectivity index (χ1v) is 11.9. The molecule has 2 heterocycles. The quantitative estimate of drug-likeness (QED) is 0.669. The van der Waals surface area contributed by atoms with E-state index in [-0.39, 0.29) is 30.6 Å². The summed E-state index contributed by atoms with van der Waals surface area (Å²) >= 11 is 1.59. The minimum atomic E-state index is -0.715. The normalized spacial score (nSPS) is 18.4. The summed E-state index contributed by atoms with van der Waals surface area (Å²) in [5.41, 5.74) is 2.04.